The molecule has 0 aliphatic carbocycles. The molecule has 1 aromatic heterocycles. The summed E-state index contributed by atoms with van der Waals surface area (Å²) in [5.41, 5.74) is 0. The van der Waals surface area contributed by atoms with E-state index in [2.05, 4.69) is 4.98 Å². The minimum absolute atomic E-state index is 0.142. The number of sulfone groups is 1. The number of hydrogen-bond acceptors (Lipinski definition) is 5. The Labute approximate surface area is 85.3 Å². The monoisotopic (exact) mass is 235 g/mol. The smallest absolute Gasteiger partial charge is 0.348 e. The van der Waals surface area contributed by atoms with Crippen molar-refractivity contribution in [3.63, 3.8) is 0 Å². The number of aryl methyl sites for hydroxylation is 1. The Morgan fingerprint density at radius 1 is 1.57 bits per heavy atom. The van der Waals surface area contributed by atoms with Crippen LogP contribution in [-0.2, 0) is 9.84 Å². The quantitative estimate of drug-likeness (QED) is 0.843. The van der Waals surface area contributed by atoms with E-state index in [1.807, 2.05) is 0 Å². The van der Waals surface area contributed by atoms with Crippen molar-refractivity contribution in [1.82, 2.24) is 4.98 Å². The van der Waals surface area contributed by atoms with Crippen molar-refractivity contribution in [2.75, 3.05) is 5.75 Å². The van der Waals surface area contributed by atoms with E-state index in [4.69, 9.17) is 5.11 Å². The summed E-state index contributed by atoms with van der Waals surface area (Å²) in [5.74, 6) is -1.39. The van der Waals surface area contributed by atoms with Crippen molar-refractivity contribution in [1.29, 1.82) is 0 Å². The lowest BCUT2D eigenvalue weighted by molar-refractivity contribution is 0.0697. The van der Waals surface area contributed by atoms with Crippen LogP contribution < -0.4 is 0 Å². The van der Waals surface area contributed by atoms with Crippen molar-refractivity contribution < 1.29 is 18.3 Å². The zero-order valence-electron chi connectivity index (χ0n) is 7.64. The lowest BCUT2D eigenvalue weighted by atomic mass is 10.6. The summed E-state index contributed by atoms with van der Waals surface area (Å²) >= 11 is 0.875. The predicted molar refractivity (Wildman–Crippen MR) is 51.5 cm³/mol. The van der Waals surface area contributed by atoms with Crippen molar-refractivity contribution in [3.05, 3.63) is 9.88 Å². The number of aromatic carboxylic acids is 1. The molecule has 0 saturated heterocycles. The maximum atomic E-state index is 11.4. The van der Waals surface area contributed by atoms with Crippen LogP contribution in [0.25, 0.3) is 0 Å². The summed E-state index contributed by atoms with van der Waals surface area (Å²) in [6, 6.07) is 0. The van der Waals surface area contributed by atoms with Crippen LogP contribution in [0.2, 0.25) is 0 Å². The van der Waals surface area contributed by atoms with Gasteiger partial charge in [-0.05, 0) is 6.92 Å². The van der Waals surface area contributed by atoms with E-state index < -0.39 is 15.8 Å². The summed E-state index contributed by atoms with van der Waals surface area (Å²) in [4.78, 5) is 14.2. The molecule has 0 aliphatic rings. The number of hydrogen-bond donors (Lipinski definition) is 1. The maximum Gasteiger partial charge on any atom is 0.348 e. The van der Waals surface area contributed by atoms with Crippen LogP contribution in [0.1, 0.15) is 21.6 Å². The molecule has 0 aliphatic heterocycles. The molecule has 0 spiro atoms. The third-order valence-corrected chi connectivity index (χ3v) is 4.30. The van der Waals surface area contributed by atoms with Gasteiger partial charge >= 0.3 is 5.97 Å². The van der Waals surface area contributed by atoms with Crippen molar-refractivity contribution in [2.45, 2.75) is 18.9 Å². The van der Waals surface area contributed by atoms with Gasteiger partial charge in [0.2, 0.25) is 0 Å². The zero-order chi connectivity index (χ0) is 10.9. The number of rotatable bonds is 3. The molecule has 0 amide bonds. The van der Waals surface area contributed by atoms with E-state index in [-0.39, 0.29) is 15.7 Å². The van der Waals surface area contributed by atoms with Gasteiger partial charge in [0, 0.05) is 0 Å². The molecule has 5 nitrogen and oxygen atoms in total. The Bertz CT molecular complexity index is 460. The van der Waals surface area contributed by atoms with E-state index in [9.17, 15) is 13.2 Å². The molecule has 14 heavy (non-hydrogen) atoms. The second-order valence-electron chi connectivity index (χ2n) is 2.58. The Morgan fingerprint density at radius 3 is 2.57 bits per heavy atom. The molecule has 0 fully saturated rings. The van der Waals surface area contributed by atoms with Crippen LogP contribution in [0, 0.1) is 6.92 Å². The van der Waals surface area contributed by atoms with E-state index in [1.165, 1.54) is 6.92 Å². The predicted octanol–water partition coefficient (Wildman–Crippen LogP) is 0.943. The molecule has 1 rings (SSSR count). The number of nitrogens with zero attached hydrogens (tertiary/aromatic N) is 1. The number of thiazole rings is 1. The number of carbonyl (C=O) groups is 1. The van der Waals surface area contributed by atoms with Crippen molar-refractivity contribution in [3.8, 4) is 0 Å². The second-order valence-corrected chi connectivity index (χ2v) is 5.97. The molecule has 1 aromatic rings. The number of carboxylic acid groups (broad SMARTS) is 1. The Balaban J connectivity index is 3.42. The zero-order valence-corrected chi connectivity index (χ0v) is 9.28. The van der Waals surface area contributed by atoms with Crippen LogP contribution in [0.4, 0.5) is 0 Å². The summed E-state index contributed by atoms with van der Waals surface area (Å²) in [6.07, 6.45) is 0. The van der Waals surface area contributed by atoms with Gasteiger partial charge in [0.25, 0.3) is 0 Å². The first-order chi connectivity index (χ1) is 6.38. The normalized spacial score (nSPS) is 11.6. The minimum atomic E-state index is -3.53. The average molecular weight is 235 g/mol. The highest BCUT2D eigenvalue weighted by Gasteiger charge is 2.25. The molecule has 0 bridgehead atoms. The van der Waals surface area contributed by atoms with Gasteiger partial charge in [-0.3, -0.25) is 0 Å². The fourth-order valence-corrected chi connectivity index (χ4v) is 3.03. The van der Waals surface area contributed by atoms with Gasteiger partial charge in [-0.1, -0.05) is 6.92 Å². The topological polar surface area (TPSA) is 84.3 Å². The third-order valence-electron chi connectivity index (χ3n) is 1.57. The fraction of sp³-hybridized carbons (Fsp3) is 0.429. The van der Waals surface area contributed by atoms with Gasteiger partial charge in [-0.25, -0.2) is 18.2 Å². The van der Waals surface area contributed by atoms with Gasteiger partial charge in [-0.15, -0.1) is 11.3 Å². The molecule has 0 atom stereocenters. The van der Waals surface area contributed by atoms with Crippen LogP contribution in [0.5, 0.6) is 0 Å². The Kier molecular flexibility index (Phi) is 2.91. The fourth-order valence-electron chi connectivity index (χ4n) is 0.891. The lowest BCUT2D eigenvalue weighted by Gasteiger charge is -1.96. The maximum absolute atomic E-state index is 11.4. The van der Waals surface area contributed by atoms with Crippen LogP contribution in [-0.4, -0.2) is 30.2 Å². The standard InChI is InChI=1S/C7H9NO4S2/c1-3-14(11,12)6-5(7(9)10)13-4(2)8-6/h3H2,1-2H3,(H,9,10). The summed E-state index contributed by atoms with van der Waals surface area (Å²) in [7, 11) is -3.53. The van der Waals surface area contributed by atoms with E-state index in [0.717, 1.165) is 11.3 Å². The van der Waals surface area contributed by atoms with Gasteiger partial charge < -0.3 is 5.11 Å². The van der Waals surface area contributed by atoms with Crippen molar-refractivity contribution >= 4 is 27.1 Å². The molecule has 0 radical (unpaired) electrons. The van der Waals surface area contributed by atoms with E-state index in [1.54, 1.807) is 6.92 Å². The van der Waals surface area contributed by atoms with Crippen LogP contribution in [0.3, 0.4) is 0 Å². The highest BCUT2D eigenvalue weighted by atomic mass is 32.2. The first-order valence-electron chi connectivity index (χ1n) is 3.82. The molecule has 7 heteroatoms. The molecule has 78 valence electrons. The summed E-state index contributed by atoms with van der Waals surface area (Å²) < 4.78 is 22.8. The highest BCUT2D eigenvalue weighted by molar-refractivity contribution is 7.91. The third kappa shape index (κ3) is 1.93. The van der Waals surface area contributed by atoms with Crippen molar-refractivity contribution in [2.24, 2.45) is 0 Å². The van der Waals surface area contributed by atoms with Gasteiger partial charge in [0.1, 0.15) is 0 Å². The van der Waals surface area contributed by atoms with Gasteiger partial charge in [-0.2, -0.15) is 0 Å². The second kappa shape index (κ2) is 3.66. The molecule has 1 heterocycles. The van der Waals surface area contributed by atoms with Crippen LogP contribution in [0.15, 0.2) is 5.03 Å². The summed E-state index contributed by atoms with van der Waals surface area (Å²) in [5, 5.41) is 8.87. The first-order valence-corrected chi connectivity index (χ1v) is 6.29. The largest absolute Gasteiger partial charge is 0.477 e. The first kappa shape index (κ1) is 11.1. The molecule has 1 N–H and O–H groups in total. The molecule has 0 saturated carbocycles. The number of carboxylic acids is 1. The Hall–Kier alpha value is -0.950. The lowest BCUT2D eigenvalue weighted by Crippen LogP contribution is -2.09. The number of aromatic nitrogens is 1. The van der Waals surface area contributed by atoms with E-state index >= 15 is 0 Å². The SMILES string of the molecule is CCS(=O)(=O)c1nc(C)sc1C(=O)O. The molecular formula is C7H9NO4S2. The minimum Gasteiger partial charge on any atom is -0.477 e. The van der Waals surface area contributed by atoms with Crippen LogP contribution >= 0.6 is 11.3 Å². The van der Waals surface area contributed by atoms with Gasteiger partial charge in [0.05, 0.1) is 10.8 Å². The van der Waals surface area contributed by atoms with E-state index in [0.29, 0.717) is 5.01 Å². The molecule has 0 aromatic carbocycles. The van der Waals surface area contributed by atoms with Gasteiger partial charge in [0.15, 0.2) is 19.7 Å². The molecular weight excluding hydrogens is 226 g/mol. The Morgan fingerprint density at radius 2 is 2.14 bits per heavy atom. The highest BCUT2D eigenvalue weighted by Crippen LogP contribution is 2.22. The summed E-state index contributed by atoms with van der Waals surface area (Å²) in [6.45, 7) is 3.03. The molecule has 0 unspecified atom stereocenters. The average Bonchev–Trinajstić information content (AvgIpc) is 2.48.